The van der Waals surface area contributed by atoms with Gasteiger partial charge in [0.05, 0.1) is 6.54 Å². The zero-order valence-corrected chi connectivity index (χ0v) is 14.3. The first kappa shape index (κ1) is 16.5. The smallest absolute Gasteiger partial charge is 0.241 e. The van der Waals surface area contributed by atoms with Crippen LogP contribution in [0, 0.1) is 13.8 Å². The first-order valence-corrected chi connectivity index (χ1v) is 8.44. The Morgan fingerprint density at radius 2 is 1.75 bits per heavy atom. The summed E-state index contributed by atoms with van der Waals surface area (Å²) in [6.07, 6.45) is 0. The molecule has 24 heavy (non-hydrogen) atoms. The van der Waals surface area contributed by atoms with Crippen LogP contribution in [0.5, 0.6) is 0 Å². The third kappa shape index (κ3) is 3.44. The molecule has 1 saturated heterocycles. The summed E-state index contributed by atoms with van der Waals surface area (Å²) in [6, 6.07) is 16.4. The maximum atomic E-state index is 12.6. The van der Waals surface area contributed by atoms with E-state index >= 15 is 0 Å². The summed E-state index contributed by atoms with van der Waals surface area (Å²) >= 11 is 0. The second-order valence-corrected chi connectivity index (χ2v) is 6.60. The van der Waals surface area contributed by atoms with E-state index in [0.717, 1.165) is 16.8 Å². The molecule has 1 fully saturated rings. The van der Waals surface area contributed by atoms with Gasteiger partial charge in [0.1, 0.15) is 0 Å². The minimum absolute atomic E-state index is 0.00320. The molecule has 0 spiro atoms. The van der Waals surface area contributed by atoms with Crippen molar-refractivity contribution in [1.29, 1.82) is 0 Å². The molecule has 3 rings (SSSR count). The van der Waals surface area contributed by atoms with Gasteiger partial charge >= 0.3 is 0 Å². The molecule has 0 bridgehead atoms. The molecular formula is C20H25N3O. The molecule has 0 saturated carbocycles. The van der Waals surface area contributed by atoms with E-state index in [4.69, 9.17) is 5.73 Å². The predicted molar refractivity (Wildman–Crippen MR) is 98.1 cm³/mol. The van der Waals surface area contributed by atoms with Crippen molar-refractivity contribution in [3.63, 3.8) is 0 Å². The van der Waals surface area contributed by atoms with Crippen molar-refractivity contribution < 1.29 is 4.79 Å². The quantitative estimate of drug-likeness (QED) is 0.909. The van der Waals surface area contributed by atoms with Crippen molar-refractivity contribution in [3.05, 3.63) is 65.2 Å². The third-order valence-corrected chi connectivity index (χ3v) is 4.84. The Labute approximate surface area is 143 Å². The fraction of sp³-hybridized carbons (Fsp3) is 0.350. The van der Waals surface area contributed by atoms with Gasteiger partial charge in [-0.2, -0.15) is 0 Å². The van der Waals surface area contributed by atoms with Crippen LogP contribution in [0.4, 0.5) is 5.69 Å². The average Bonchev–Trinajstić information content (AvgIpc) is 2.97. The number of aryl methyl sites for hydroxylation is 2. The van der Waals surface area contributed by atoms with Crippen LogP contribution >= 0.6 is 0 Å². The number of rotatable bonds is 4. The summed E-state index contributed by atoms with van der Waals surface area (Å²) in [5.41, 5.74) is 10.9. The second-order valence-electron chi connectivity index (χ2n) is 6.60. The molecular weight excluding hydrogens is 298 g/mol. The Balaban J connectivity index is 1.62. The number of carbonyl (C=O) groups excluding carboxylic acids is 1. The highest BCUT2D eigenvalue weighted by molar-refractivity contribution is 5.82. The summed E-state index contributed by atoms with van der Waals surface area (Å²) < 4.78 is 0. The van der Waals surface area contributed by atoms with Crippen molar-refractivity contribution in [1.82, 2.24) is 4.90 Å². The minimum Gasteiger partial charge on any atom is -0.376 e. The number of benzene rings is 2. The summed E-state index contributed by atoms with van der Waals surface area (Å²) in [4.78, 5) is 14.4. The first-order chi connectivity index (χ1) is 11.6. The van der Waals surface area contributed by atoms with Gasteiger partial charge < -0.3 is 16.0 Å². The topological polar surface area (TPSA) is 58.4 Å². The number of amides is 1. The van der Waals surface area contributed by atoms with Crippen LogP contribution in [-0.4, -0.2) is 36.5 Å². The van der Waals surface area contributed by atoms with E-state index in [1.54, 1.807) is 0 Å². The fourth-order valence-electron chi connectivity index (χ4n) is 3.45. The molecule has 1 amide bonds. The number of hydrogen-bond acceptors (Lipinski definition) is 3. The monoisotopic (exact) mass is 323 g/mol. The molecule has 4 heteroatoms. The zero-order chi connectivity index (χ0) is 17.1. The summed E-state index contributed by atoms with van der Waals surface area (Å²) in [5, 5.41) is 3.30. The van der Waals surface area contributed by atoms with Gasteiger partial charge in [0.2, 0.25) is 5.91 Å². The lowest BCUT2D eigenvalue weighted by molar-refractivity contribution is -0.128. The molecule has 1 aliphatic heterocycles. The Morgan fingerprint density at radius 3 is 2.42 bits per heavy atom. The van der Waals surface area contributed by atoms with Crippen molar-refractivity contribution >= 4 is 11.6 Å². The lowest BCUT2D eigenvalue weighted by Crippen LogP contribution is -2.35. The molecule has 0 unspecified atom stereocenters. The molecule has 1 heterocycles. The highest BCUT2D eigenvalue weighted by atomic mass is 16.2. The van der Waals surface area contributed by atoms with E-state index in [-0.39, 0.29) is 17.9 Å². The molecule has 4 nitrogen and oxygen atoms in total. The largest absolute Gasteiger partial charge is 0.376 e. The molecule has 2 aromatic rings. The van der Waals surface area contributed by atoms with E-state index in [1.165, 1.54) is 5.56 Å². The number of nitrogens with one attached hydrogen (secondary N) is 1. The Hall–Kier alpha value is -2.33. The van der Waals surface area contributed by atoms with Gasteiger partial charge in [0, 0.05) is 30.7 Å². The molecule has 0 aliphatic carbocycles. The van der Waals surface area contributed by atoms with E-state index in [9.17, 15) is 4.79 Å². The number of nitrogens with zero attached hydrogens (tertiary/aromatic N) is 1. The van der Waals surface area contributed by atoms with E-state index in [0.29, 0.717) is 19.6 Å². The van der Waals surface area contributed by atoms with Gasteiger partial charge in [-0.05, 0) is 30.5 Å². The normalized spacial score (nSPS) is 20.2. The van der Waals surface area contributed by atoms with E-state index in [2.05, 4.69) is 43.4 Å². The standard InChI is InChI=1S/C20H25N3O/c1-14-7-6-8-15(2)20(14)22-11-19(24)23-12-17(18(21)13-23)16-9-4-3-5-10-16/h3-10,17-18,22H,11-13,21H2,1-2H3/t17-,18+/m0/s1. The van der Waals surface area contributed by atoms with Gasteiger partial charge in [-0.1, -0.05) is 48.5 Å². The van der Waals surface area contributed by atoms with Crippen LogP contribution < -0.4 is 11.1 Å². The minimum atomic E-state index is -0.00320. The van der Waals surface area contributed by atoms with Crippen molar-refractivity contribution in [3.8, 4) is 0 Å². The molecule has 126 valence electrons. The van der Waals surface area contributed by atoms with Crippen molar-refractivity contribution in [2.45, 2.75) is 25.8 Å². The highest BCUT2D eigenvalue weighted by Gasteiger charge is 2.33. The first-order valence-electron chi connectivity index (χ1n) is 8.44. The van der Waals surface area contributed by atoms with Gasteiger partial charge in [-0.15, -0.1) is 0 Å². The van der Waals surface area contributed by atoms with E-state index < -0.39 is 0 Å². The van der Waals surface area contributed by atoms with Crippen LogP contribution in [0.1, 0.15) is 22.6 Å². The highest BCUT2D eigenvalue weighted by Crippen LogP contribution is 2.26. The lowest BCUT2D eigenvalue weighted by Gasteiger charge is -2.18. The molecule has 0 aromatic heterocycles. The maximum Gasteiger partial charge on any atom is 0.241 e. The molecule has 3 N–H and O–H groups in total. The predicted octanol–water partition coefficient (Wildman–Crippen LogP) is 2.67. The van der Waals surface area contributed by atoms with Gasteiger partial charge in [0.25, 0.3) is 0 Å². The Morgan fingerprint density at radius 1 is 1.08 bits per heavy atom. The summed E-state index contributed by atoms with van der Waals surface area (Å²) in [6.45, 7) is 5.72. The van der Waals surface area contributed by atoms with Crippen LogP contribution in [0.2, 0.25) is 0 Å². The Kier molecular flexibility index (Phi) is 4.86. The maximum absolute atomic E-state index is 12.6. The number of anilines is 1. The number of carbonyl (C=O) groups is 1. The fourth-order valence-corrected chi connectivity index (χ4v) is 3.45. The third-order valence-electron chi connectivity index (χ3n) is 4.84. The molecule has 2 aromatic carbocycles. The Bertz CT molecular complexity index is 694. The SMILES string of the molecule is Cc1cccc(C)c1NCC(=O)N1C[C@@H](N)[C@H](c2ccccc2)C1. The van der Waals surface area contributed by atoms with Gasteiger partial charge in [0.15, 0.2) is 0 Å². The lowest BCUT2D eigenvalue weighted by atomic mass is 9.95. The second kappa shape index (κ2) is 7.05. The average molecular weight is 323 g/mol. The van der Waals surface area contributed by atoms with Gasteiger partial charge in [-0.3, -0.25) is 4.79 Å². The van der Waals surface area contributed by atoms with Crippen molar-refractivity contribution in [2.24, 2.45) is 5.73 Å². The molecule has 0 radical (unpaired) electrons. The summed E-state index contributed by atoms with van der Waals surface area (Å²) in [7, 11) is 0. The molecule has 1 aliphatic rings. The van der Waals surface area contributed by atoms with Crippen molar-refractivity contribution in [2.75, 3.05) is 25.0 Å². The van der Waals surface area contributed by atoms with Crippen LogP contribution in [0.25, 0.3) is 0 Å². The number of hydrogen-bond donors (Lipinski definition) is 2. The number of likely N-dealkylation sites (tertiary alicyclic amines) is 1. The van der Waals surface area contributed by atoms with Crippen LogP contribution in [0.15, 0.2) is 48.5 Å². The van der Waals surface area contributed by atoms with E-state index in [1.807, 2.05) is 29.2 Å². The molecule has 2 atom stereocenters. The van der Waals surface area contributed by atoms with Crippen LogP contribution in [0.3, 0.4) is 0 Å². The number of para-hydroxylation sites is 1. The number of nitrogens with two attached hydrogens (primary N) is 1. The van der Waals surface area contributed by atoms with Gasteiger partial charge in [-0.25, -0.2) is 0 Å². The van der Waals surface area contributed by atoms with Crippen LogP contribution in [-0.2, 0) is 4.79 Å². The summed E-state index contributed by atoms with van der Waals surface area (Å²) in [5.74, 6) is 0.321. The zero-order valence-electron chi connectivity index (χ0n) is 14.3.